The Kier molecular flexibility index (Phi) is 13.8. The number of benzene rings is 1. The molecule has 0 spiro atoms. The summed E-state index contributed by atoms with van der Waals surface area (Å²) in [6.45, 7) is 5.14. The molecule has 1 aliphatic rings. The summed E-state index contributed by atoms with van der Waals surface area (Å²) in [7, 11) is 0. The summed E-state index contributed by atoms with van der Waals surface area (Å²) >= 11 is 0. The molecule has 1 aromatic carbocycles. The van der Waals surface area contributed by atoms with Crippen LogP contribution in [0.4, 0.5) is 13.2 Å². The topological polar surface area (TPSA) is 184 Å². The number of nitrogens with one attached hydrogen (secondary N) is 5. The van der Waals surface area contributed by atoms with Crippen molar-refractivity contribution < 1.29 is 37.1 Å². The number of nitrogens with two attached hydrogens (primary N) is 1. The van der Waals surface area contributed by atoms with Crippen LogP contribution in [-0.2, 0) is 24.0 Å². The smallest absolute Gasteiger partial charge is 0.370 e. The van der Waals surface area contributed by atoms with Gasteiger partial charge in [0.2, 0.25) is 23.6 Å². The second kappa shape index (κ2) is 16.8. The monoisotopic (exact) mass is 639 g/mol. The average Bonchev–Trinajstić information content (AvgIpc) is 2.98. The average molecular weight is 640 g/mol. The van der Waals surface area contributed by atoms with Crippen molar-refractivity contribution in [2.45, 2.75) is 83.6 Å². The normalized spacial score (nSPS) is 24.3. The first-order valence-corrected chi connectivity index (χ1v) is 15.0. The van der Waals surface area contributed by atoms with E-state index in [9.17, 15) is 37.1 Å². The van der Waals surface area contributed by atoms with Gasteiger partial charge < -0.3 is 32.3 Å². The molecule has 1 aliphatic heterocycles. The molecule has 0 radical (unpaired) electrons. The molecule has 1 heterocycles. The number of alkyl halides is 3. The highest BCUT2D eigenvalue weighted by atomic mass is 19.4. The van der Waals surface area contributed by atoms with Gasteiger partial charge in [-0.3, -0.25) is 24.0 Å². The molecule has 15 heteroatoms. The first-order valence-electron chi connectivity index (χ1n) is 15.0. The van der Waals surface area contributed by atoms with Crippen LogP contribution in [0.2, 0.25) is 0 Å². The maximum absolute atomic E-state index is 13.8. The van der Waals surface area contributed by atoms with E-state index >= 15 is 0 Å². The summed E-state index contributed by atoms with van der Waals surface area (Å²) in [6, 6.07) is 6.41. The van der Waals surface area contributed by atoms with E-state index in [0.717, 1.165) is 0 Å². The highest BCUT2D eigenvalue weighted by molar-refractivity contribution is 5.97. The number of guanidine groups is 1. The Balaban J connectivity index is 2.37. The molecule has 0 saturated carbocycles. The van der Waals surface area contributed by atoms with Crippen molar-refractivity contribution in [2.24, 2.45) is 22.6 Å². The number of Topliss-reactive ketones (excluding diaryl/α,β-unsaturated/α-hetero) is 1. The van der Waals surface area contributed by atoms with Crippen molar-refractivity contribution >= 4 is 35.4 Å². The van der Waals surface area contributed by atoms with Crippen molar-refractivity contribution in [3.05, 3.63) is 35.9 Å². The Bertz CT molecular complexity index is 1230. The summed E-state index contributed by atoms with van der Waals surface area (Å²) in [6.07, 6.45) is -4.32. The van der Waals surface area contributed by atoms with Gasteiger partial charge in [-0.15, -0.1) is 0 Å². The molecule has 2 rings (SSSR count). The molecule has 0 bridgehead atoms. The molecule has 250 valence electrons. The van der Waals surface area contributed by atoms with Crippen LogP contribution in [0, 0.1) is 11.8 Å². The van der Waals surface area contributed by atoms with Crippen molar-refractivity contribution in [3.63, 3.8) is 0 Å². The summed E-state index contributed by atoms with van der Waals surface area (Å²) < 4.78 is 37.3. The third-order valence-electron chi connectivity index (χ3n) is 7.45. The predicted molar refractivity (Wildman–Crippen MR) is 161 cm³/mol. The van der Waals surface area contributed by atoms with Gasteiger partial charge >= 0.3 is 6.18 Å². The van der Waals surface area contributed by atoms with Gasteiger partial charge in [-0.2, -0.15) is 13.2 Å². The van der Waals surface area contributed by atoms with Crippen molar-refractivity contribution in [2.75, 3.05) is 19.6 Å². The van der Waals surface area contributed by atoms with Gasteiger partial charge in [0.05, 0.1) is 5.54 Å². The number of nitrogens with zero attached hydrogens (tertiary/aromatic N) is 1. The summed E-state index contributed by atoms with van der Waals surface area (Å²) in [5, 5.41) is 13.5. The zero-order valence-electron chi connectivity index (χ0n) is 26.1. The maximum Gasteiger partial charge on any atom is 0.408 e. The van der Waals surface area contributed by atoms with Crippen LogP contribution in [0.25, 0.3) is 0 Å². The first-order chi connectivity index (χ1) is 21.1. The predicted octanol–water partition coefficient (Wildman–Crippen LogP) is 1.61. The number of amides is 4. The van der Waals surface area contributed by atoms with Crippen LogP contribution in [0.15, 0.2) is 35.3 Å². The summed E-state index contributed by atoms with van der Waals surface area (Å²) in [4.78, 5) is 69.8. The van der Waals surface area contributed by atoms with E-state index in [-0.39, 0.29) is 45.2 Å². The molecule has 4 atom stereocenters. The minimum atomic E-state index is -4.51. The molecule has 12 nitrogen and oxygen atoms in total. The third kappa shape index (κ3) is 12.0. The highest BCUT2D eigenvalue weighted by Gasteiger charge is 2.39. The zero-order chi connectivity index (χ0) is 33.8. The lowest BCUT2D eigenvalue weighted by atomic mass is 9.84. The Labute approximate surface area is 260 Å². The fourth-order valence-corrected chi connectivity index (χ4v) is 4.63. The van der Waals surface area contributed by atoms with E-state index in [1.165, 1.54) is 6.92 Å². The molecule has 1 fully saturated rings. The minimum absolute atomic E-state index is 0.00513. The van der Waals surface area contributed by atoms with Gasteiger partial charge in [-0.1, -0.05) is 51.1 Å². The molecule has 4 amide bonds. The number of aliphatic imine (C=N–C) groups is 1. The number of rotatable bonds is 9. The SMILES string of the molecule is CC[C@@H]1NC(=O)[C@H](CCCNC(N)=NCC(F)(F)F)CC(=O)[C@](C)(NC(=O)C(C)C)CCNC(=O)[C@@H](c2ccccc2)NC1=O. The van der Waals surface area contributed by atoms with Gasteiger partial charge in [0.25, 0.3) is 0 Å². The Morgan fingerprint density at radius 2 is 1.76 bits per heavy atom. The lowest BCUT2D eigenvalue weighted by Crippen LogP contribution is -2.57. The van der Waals surface area contributed by atoms with E-state index in [2.05, 4.69) is 31.6 Å². The van der Waals surface area contributed by atoms with Crippen molar-refractivity contribution in [1.29, 1.82) is 0 Å². The number of halogens is 3. The van der Waals surface area contributed by atoms with E-state index in [1.807, 2.05) is 0 Å². The maximum atomic E-state index is 13.8. The number of ketones is 1. The van der Waals surface area contributed by atoms with Crippen LogP contribution in [0.5, 0.6) is 0 Å². The standard InChI is InChI=1S/C30H44F3N7O5/c1-5-21-26(44)39-23(19-10-7-6-8-11-19)27(45)35-15-13-29(4,40-24(42)18(2)3)22(41)16-20(25(43)38-21)12-9-14-36-28(34)37-17-30(31,32)33/h6-8,10-11,18,20-21,23H,5,9,12-17H2,1-4H3,(H,35,45)(H,38,43)(H,39,44)(H,40,42)(H3,34,36,37)/t20-,21+,23-,29-/m1/s1. The molecular weight excluding hydrogens is 595 g/mol. The summed E-state index contributed by atoms with van der Waals surface area (Å²) in [5.74, 6) is -4.39. The molecule has 0 aliphatic carbocycles. The van der Waals surface area contributed by atoms with Crippen LogP contribution in [-0.4, -0.2) is 72.8 Å². The van der Waals surface area contributed by atoms with Gasteiger partial charge in [-0.25, -0.2) is 4.99 Å². The van der Waals surface area contributed by atoms with Crippen LogP contribution < -0.4 is 32.3 Å². The lowest BCUT2D eigenvalue weighted by molar-refractivity contribution is -0.137. The van der Waals surface area contributed by atoms with E-state index in [4.69, 9.17) is 5.73 Å². The van der Waals surface area contributed by atoms with Gasteiger partial charge in [0, 0.05) is 31.3 Å². The fourth-order valence-electron chi connectivity index (χ4n) is 4.63. The third-order valence-corrected chi connectivity index (χ3v) is 7.45. The molecule has 1 saturated heterocycles. The number of carbonyl (C=O) groups is 5. The van der Waals surface area contributed by atoms with Crippen molar-refractivity contribution in [3.8, 4) is 0 Å². The molecule has 0 aromatic heterocycles. The largest absolute Gasteiger partial charge is 0.408 e. The van der Waals surface area contributed by atoms with E-state index in [1.54, 1.807) is 51.1 Å². The van der Waals surface area contributed by atoms with Crippen LogP contribution >= 0.6 is 0 Å². The van der Waals surface area contributed by atoms with E-state index in [0.29, 0.717) is 5.56 Å². The highest BCUT2D eigenvalue weighted by Crippen LogP contribution is 2.22. The Morgan fingerprint density at radius 1 is 1.09 bits per heavy atom. The molecule has 45 heavy (non-hydrogen) atoms. The molecular formula is C30H44F3N7O5. The molecule has 1 aromatic rings. The van der Waals surface area contributed by atoms with Gasteiger partial charge in [0.15, 0.2) is 11.7 Å². The molecule has 0 unspecified atom stereocenters. The second-order valence-corrected chi connectivity index (χ2v) is 11.5. The summed E-state index contributed by atoms with van der Waals surface area (Å²) in [5.41, 5.74) is 4.57. The quantitative estimate of drug-likeness (QED) is 0.135. The van der Waals surface area contributed by atoms with E-state index < -0.39 is 77.6 Å². The Morgan fingerprint density at radius 3 is 2.36 bits per heavy atom. The number of hydrogen-bond acceptors (Lipinski definition) is 6. The second-order valence-electron chi connectivity index (χ2n) is 11.5. The first kappa shape index (κ1) is 37.0. The Hall–Kier alpha value is -4.17. The molecule has 7 N–H and O–H groups in total. The zero-order valence-corrected chi connectivity index (χ0v) is 26.1. The van der Waals surface area contributed by atoms with Gasteiger partial charge in [-0.05, 0) is 38.2 Å². The van der Waals surface area contributed by atoms with Crippen LogP contribution in [0.1, 0.15) is 71.4 Å². The number of carbonyl (C=O) groups excluding carboxylic acids is 5. The van der Waals surface area contributed by atoms with Crippen LogP contribution in [0.3, 0.4) is 0 Å². The fraction of sp³-hybridized carbons (Fsp3) is 0.600. The van der Waals surface area contributed by atoms with Crippen molar-refractivity contribution in [1.82, 2.24) is 26.6 Å². The number of hydrogen-bond donors (Lipinski definition) is 6. The minimum Gasteiger partial charge on any atom is -0.370 e. The lowest BCUT2D eigenvalue weighted by Gasteiger charge is -2.33. The van der Waals surface area contributed by atoms with Gasteiger partial charge in [0.1, 0.15) is 18.6 Å².